The van der Waals surface area contributed by atoms with Gasteiger partial charge in [0, 0.05) is 13.0 Å². The summed E-state index contributed by atoms with van der Waals surface area (Å²) >= 11 is 2.85. The van der Waals surface area contributed by atoms with Crippen LogP contribution in [0.15, 0.2) is 17.0 Å². The molecule has 1 atom stereocenters. The van der Waals surface area contributed by atoms with Crippen LogP contribution in [0.2, 0.25) is 0 Å². The second kappa shape index (κ2) is 5.31. The van der Waals surface area contributed by atoms with Crippen molar-refractivity contribution >= 4 is 34.2 Å². The molecular formula is C9H11N3O2S2. The molecule has 0 saturated carbocycles. The number of rotatable bonds is 5. The normalized spacial score (nSPS) is 19.5. The largest absolute Gasteiger partial charge is 0.465 e. The van der Waals surface area contributed by atoms with E-state index in [1.165, 1.54) is 23.1 Å². The van der Waals surface area contributed by atoms with Gasteiger partial charge < -0.3 is 10.1 Å². The minimum Gasteiger partial charge on any atom is -0.465 e. The Kier molecular flexibility index (Phi) is 3.79. The lowest BCUT2D eigenvalue weighted by atomic mass is 10.4. The van der Waals surface area contributed by atoms with E-state index >= 15 is 0 Å². The molecule has 1 unspecified atom stereocenters. The van der Waals surface area contributed by atoms with Gasteiger partial charge in [0.25, 0.3) is 0 Å². The molecule has 2 heterocycles. The van der Waals surface area contributed by atoms with Crippen molar-refractivity contribution in [2.24, 2.45) is 0 Å². The van der Waals surface area contributed by atoms with E-state index in [-0.39, 0.29) is 11.2 Å². The second-order valence-electron chi connectivity index (χ2n) is 3.11. The van der Waals surface area contributed by atoms with E-state index in [0.717, 1.165) is 15.9 Å². The number of cyclic esters (lactones) is 1. The Labute approximate surface area is 101 Å². The average Bonchev–Trinajstić information content (AvgIpc) is 2.87. The molecule has 1 aliphatic heterocycles. The summed E-state index contributed by atoms with van der Waals surface area (Å²) in [6.07, 6.45) is 2.50. The molecule has 1 aromatic rings. The minimum atomic E-state index is -0.152. The Morgan fingerprint density at radius 2 is 2.56 bits per heavy atom. The van der Waals surface area contributed by atoms with Crippen LogP contribution in [0.3, 0.4) is 0 Å². The van der Waals surface area contributed by atoms with Crippen LogP contribution in [0.5, 0.6) is 0 Å². The van der Waals surface area contributed by atoms with E-state index in [9.17, 15) is 4.79 Å². The van der Waals surface area contributed by atoms with E-state index in [1.807, 2.05) is 0 Å². The van der Waals surface area contributed by atoms with E-state index in [2.05, 4.69) is 22.1 Å². The lowest BCUT2D eigenvalue weighted by Crippen LogP contribution is -2.08. The minimum absolute atomic E-state index is 0.125. The predicted molar refractivity (Wildman–Crippen MR) is 63.8 cm³/mol. The number of ether oxygens (including phenoxy) is 1. The summed E-state index contributed by atoms with van der Waals surface area (Å²) < 4.78 is 5.66. The Morgan fingerprint density at radius 1 is 1.69 bits per heavy atom. The Balaban J connectivity index is 1.91. The van der Waals surface area contributed by atoms with Gasteiger partial charge in [-0.1, -0.05) is 29.2 Å². The third-order valence-corrected chi connectivity index (χ3v) is 4.14. The van der Waals surface area contributed by atoms with Crippen LogP contribution in [0, 0.1) is 0 Å². The van der Waals surface area contributed by atoms with Crippen LogP contribution in [0.25, 0.3) is 0 Å². The zero-order valence-electron chi connectivity index (χ0n) is 8.51. The molecule has 1 saturated heterocycles. The highest BCUT2D eigenvalue weighted by Gasteiger charge is 2.28. The van der Waals surface area contributed by atoms with Gasteiger partial charge in [0.15, 0.2) is 4.34 Å². The summed E-state index contributed by atoms with van der Waals surface area (Å²) in [4.78, 5) is 11.2. The van der Waals surface area contributed by atoms with Crippen LogP contribution in [-0.2, 0) is 9.53 Å². The van der Waals surface area contributed by atoms with Gasteiger partial charge in [0.05, 0.1) is 6.61 Å². The monoisotopic (exact) mass is 257 g/mol. The van der Waals surface area contributed by atoms with Gasteiger partial charge >= 0.3 is 5.97 Å². The van der Waals surface area contributed by atoms with Crippen LogP contribution >= 0.6 is 23.1 Å². The summed E-state index contributed by atoms with van der Waals surface area (Å²) in [5, 5.41) is 11.6. The molecular weight excluding hydrogens is 246 g/mol. The number of hydrogen-bond donors (Lipinski definition) is 1. The van der Waals surface area contributed by atoms with Gasteiger partial charge in [-0.2, -0.15) is 0 Å². The molecule has 7 heteroatoms. The summed E-state index contributed by atoms with van der Waals surface area (Å²) in [6, 6.07) is 0. The molecule has 5 nitrogen and oxygen atoms in total. The molecule has 0 amide bonds. The Bertz CT molecular complexity index is 394. The fourth-order valence-electron chi connectivity index (χ4n) is 1.19. The topological polar surface area (TPSA) is 64.1 Å². The maximum atomic E-state index is 11.2. The van der Waals surface area contributed by atoms with Gasteiger partial charge in [0.1, 0.15) is 5.25 Å². The third-order valence-electron chi connectivity index (χ3n) is 1.93. The molecule has 2 rings (SSSR count). The molecule has 0 aromatic carbocycles. The summed E-state index contributed by atoms with van der Waals surface area (Å²) in [5.74, 6) is -0.152. The highest BCUT2D eigenvalue weighted by atomic mass is 32.2. The summed E-state index contributed by atoms with van der Waals surface area (Å²) in [6.45, 7) is 4.77. The van der Waals surface area contributed by atoms with Crippen molar-refractivity contribution in [1.82, 2.24) is 10.2 Å². The quantitative estimate of drug-likeness (QED) is 0.637. The van der Waals surface area contributed by atoms with E-state index in [4.69, 9.17) is 4.74 Å². The number of anilines is 1. The first-order valence-electron chi connectivity index (χ1n) is 4.81. The van der Waals surface area contributed by atoms with Crippen molar-refractivity contribution in [2.75, 3.05) is 18.5 Å². The fraction of sp³-hybridized carbons (Fsp3) is 0.444. The van der Waals surface area contributed by atoms with Gasteiger partial charge in [-0.05, 0) is 0 Å². The SMILES string of the molecule is C=CCNc1nnc(SC2CCOC2=O)s1. The molecule has 0 spiro atoms. The first-order chi connectivity index (χ1) is 7.79. The van der Waals surface area contributed by atoms with Crippen LogP contribution in [-0.4, -0.2) is 34.6 Å². The van der Waals surface area contributed by atoms with Crippen LogP contribution in [0.4, 0.5) is 5.13 Å². The summed E-state index contributed by atoms with van der Waals surface area (Å²) in [7, 11) is 0. The average molecular weight is 257 g/mol. The van der Waals surface area contributed by atoms with Crippen molar-refractivity contribution in [3.8, 4) is 0 Å². The molecule has 0 aliphatic carbocycles. The predicted octanol–water partition coefficient (Wildman–Crippen LogP) is 1.54. The molecule has 86 valence electrons. The second-order valence-corrected chi connectivity index (χ2v) is 5.53. The molecule has 1 aliphatic rings. The molecule has 1 aromatic heterocycles. The van der Waals surface area contributed by atoms with E-state index in [1.54, 1.807) is 6.08 Å². The number of aromatic nitrogens is 2. The first kappa shape index (κ1) is 11.4. The highest BCUT2D eigenvalue weighted by molar-refractivity contribution is 8.02. The molecule has 1 N–H and O–H groups in total. The lowest BCUT2D eigenvalue weighted by Gasteiger charge is -1.99. The van der Waals surface area contributed by atoms with Gasteiger partial charge in [-0.15, -0.1) is 16.8 Å². The van der Waals surface area contributed by atoms with Crippen LogP contribution in [0.1, 0.15) is 6.42 Å². The highest BCUT2D eigenvalue weighted by Crippen LogP contribution is 2.32. The number of hydrogen-bond acceptors (Lipinski definition) is 7. The Morgan fingerprint density at radius 3 is 3.25 bits per heavy atom. The van der Waals surface area contributed by atoms with Crippen molar-refractivity contribution in [3.63, 3.8) is 0 Å². The van der Waals surface area contributed by atoms with Crippen molar-refractivity contribution < 1.29 is 9.53 Å². The maximum Gasteiger partial charge on any atom is 0.319 e. The van der Waals surface area contributed by atoms with Crippen LogP contribution < -0.4 is 5.32 Å². The van der Waals surface area contributed by atoms with Crippen molar-refractivity contribution in [2.45, 2.75) is 16.0 Å². The third kappa shape index (κ3) is 2.73. The number of esters is 1. The number of carbonyl (C=O) groups excluding carboxylic acids is 1. The standard InChI is InChI=1S/C9H11N3O2S2/c1-2-4-10-8-11-12-9(16-8)15-6-3-5-14-7(6)13/h2,6H,1,3-5H2,(H,10,11). The number of carbonyl (C=O) groups is 1. The zero-order valence-corrected chi connectivity index (χ0v) is 10.1. The number of thioether (sulfide) groups is 1. The first-order valence-corrected chi connectivity index (χ1v) is 6.51. The smallest absolute Gasteiger partial charge is 0.319 e. The zero-order chi connectivity index (χ0) is 11.4. The number of nitrogens with one attached hydrogen (secondary N) is 1. The number of nitrogens with zero attached hydrogens (tertiary/aromatic N) is 2. The van der Waals surface area contributed by atoms with Gasteiger partial charge in [-0.25, -0.2) is 0 Å². The van der Waals surface area contributed by atoms with Gasteiger partial charge in [-0.3, -0.25) is 4.79 Å². The molecule has 16 heavy (non-hydrogen) atoms. The molecule has 1 fully saturated rings. The van der Waals surface area contributed by atoms with E-state index < -0.39 is 0 Å². The van der Waals surface area contributed by atoms with Crippen molar-refractivity contribution in [1.29, 1.82) is 0 Å². The fourth-order valence-corrected chi connectivity index (χ4v) is 3.17. The lowest BCUT2D eigenvalue weighted by molar-refractivity contribution is -0.137. The summed E-state index contributed by atoms with van der Waals surface area (Å²) in [5.41, 5.74) is 0. The van der Waals surface area contributed by atoms with E-state index in [0.29, 0.717) is 13.2 Å². The molecule has 0 radical (unpaired) electrons. The van der Waals surface area contributed by atoms with Crippen molar-refractivity contribution in [3.05, 3.63) is 12.7 Å². The molecule has 0 bridgehead atoms. The maximum absolute atomic E-state index is 11.2. The van der Waals surface area contributed by atoms with Gasteiger partial charge in [0.2, 0.25) is 5.13 Å². The Hall–Kier alpha value is -1.08.